The zero-order valence-corrected chi connectivity index (χ0v) is 12.8. The molecule has 2 N–H and O–H groups in total. The van der Waals surface area contributed by atoms with E-state index in [9.17, 15) is 8.42 Å². The number of thiocarbonyl (C=S) groups is 1. The lowest BCUT2D eigenvalue weighted by molar-refractivity contribution is 0.152. The Morgan fingerprint density at radius 1 is 1.22 bits per heavy atom. The number of piperazine rings is 1. The van der Waals surface area contributed by atoms with Gasteiger partial charge in [0.1, 0.15) is 0 Å². The number of nitrogens with two attached hydrogens (primary N) is 1. The molecule has 0 saturated carbocycles. The summed E-state index contributed by atoms with van der Waals surface area (Å²) >= 11 is 4.88. The van der Waals surface area contributed by atoms with Crippen LogP contribution < -0.4 is 5.73 Å². The van der Waals surface area contributed by atoms with Gasteiger partial charge in [0.05, 0.1) is 16.0 Å². The molecule has 0 atom stereocenters. The van der Waals surface area contributed by atoms with Crippen LogP contribution in [-0.2, 0) is 9.84 Å². The minimum Gasteiger partial charge on any atom is -0.392 e. The second kappa shape index (κ2) is 6.79. The van der Waals surface area contributed by atoms with Gasteiger partial charge in [0.15, 0.2) is 9.84 Å². The summed E-state index contributed by atoms with van der Waals surface area (Å²) in [5, 5.41) is -0.284. The molecular weight excluding hydrogens is 270 g/mol. The van der Waals surface area contributed by atoms with E-state index in [0.717, 1.165) is 26.2 Å². The highest BCUT2D eigenvalue weighted by atomic mass is 32.2. The molecule has 1 heterocycles. The van der Waals surface area contributed by atoms with Gasteiger partial charge >= 0.3 is 0 Å². The minimum absolute atomic E-state index is 0.250. The third-order valence-electron chi connectivity index (χ3n) is 3.25. The third kappa shape index (κ3) is 5.17. The highest BCUT2D eigenvalue weighted by Crippen LogP contribution is 2.05. The van der Waals surface area contributed by atoms with Crippen LogP contribution in [0, 0.1) is 0 Å². The van der Waals surface area contributed by atoms with Crippen LogP contribution in [0.1, 0.15) is 13.8 Å². The van der Waals surface area contributed by atoms with Gasteiger partial charge in [-0.2, -0.15) is 0 Å². The van der Waals surface area contributed by atoms with Crippen molar-refractivity contribution in [1.29, 1.82) is 0 Å². The molecule has 0 aromatic carbocycles. The lowest BCUT2D eigenvalue weighted by Gasteiger charge is -2.34. The van der Waals surface area contributed by atoms with Crippen molar-refractivity contribution in [3.8, 4) is 0 Å². The predicted molar refractivity (Wildman–Crippen MR) is 78.6 cm³/mol. The molecule has 1 saturated heterocycles. The van der Waals surface area contributed by atoms with Gasteiger partial charge in [0.25, 0.3) is 0 Å². The Bertz CT molecular complexity index is 374. The first-order chi connectivity index (χ1) is 8.31. The first-order valence-electron chi connectivity index (χ1n) is 6.26. The Labute approximate surface area is 115 Å². The SMILES string of the molecule is CC(C)S(=O)(=O)CCN1CCN(CC(N)=S)CC1. The molecule has 1 aliphatic rings. The van der Waals surface area contributed by atoms with Crippen LogP contribution in [0.5, 0.6) is 0 Å². The fourth-order valence-corrected chi connectivity index (χ4v) is 3.05. The Hall–Kier alpha value is -0.240. The molecule has 0 amide bonds. The molecule has 1 rings (SSSR count). The van der Waals surface area contributed by atoms with E-state index in [-0.39, 0.29) is 11.0 Å². The quantitative estimate of drug-likeness (QED) is 0.679. The molecule has 0 radical (unpaired) electrons. The van der Waals surface area contributed by atoms with E-state index < -0.39 is 9.84 Å². The van der Waals surface area contributed by atoms with Gasteiger partial charge in [-0.25, -0.2) is 8.42 Å². The molecule has 18 heavy (non-hydrogen) atoms. The standard InChI is InChI=1S/C11H23N3O2S2/c1-10(2)18(15,16)8-7-13-3-5-14(6-4-13)9-11(12)17/h10H,3-9H2,1-2H3,(H2,12,17). The van der Waals surface area contributed by atoms with Gasteiger partial charge in [-0.15, -0.1) is 0 Å². The molecular formula is C11H23N3O2S2. The third-order valence-corrected chi connectivity index (χ3v) is 5.57. The normalized spacial score (nSPS) is 19.3. The van der Waals surface area contributed by atoms with Crippen molar-refractivity contribution in [3.63, 3.8) is 0 Å². The fourth-order valence-electron chi connectivity index (χ4n) is 1.88. The monoisotopic (exact) mass is 293 g/mol. The van der Waals surface area contributed by atoms with Crippen LogP contribution >= 0.6 is 12.2 Å². The molecule has 0 aromatic rings. The first kappa shape index (κ1) is 15.8. The molecule has 7 heteroatoms. The summed E-state index contributed by atoms with van der Waals surface area (Å²) in [6.07, 6.45) is 0. The molecule has 5 nitrogen and oxygen atoms in total. The highest BCUT2D eigenvalue weighted by Gasteiger charge is 2.21. The maximum atomic E-state index is 11.7. The Balaban J connectivity index is 2.30. The van der Waals surface area contributed by atoms with Crippen molar-refractivity contribution < 1.29 is 8.42 Å². The summed E-state index contributed by atoms with van der Waals surface area (Å²) in [7, 11) is -2.93. The van der Waals surface area contributed by atoms with Crippen LogP contribution in [0.15, 0.2) is 0 Å². The van der Waals surface area contributed by atoms with Crippen molar-refractivity contribution in [2.45, 2.75) is 19.1 Å². The van der Waals surface area contributed by atoms with Gasteiger partial charge < -0.3 is 5.73 Å². The zero-order valence-electron chi connectivity index (χ0n) is 11.1. The van der Waals surface area contributed by atoms with Crippen LogP contribution in [0.2, 0.25) is 0 Å². The van der Waals surface area contributed by atoms with Crippen LogP contribution in [-0.4, -0.2) is 73.5 Å². The number of hydrogen-bond donors (Lipinski definition) is 1. The van der Waals surface area contributed by atoms with Gasteiger partial charge in [-0.3, -0.25) is 9.80 Å². The van der Waals surface area contributed by atoms with E-state index in [1.165, 1.54) is 0 Å². The van der Waals surface area contributed by atoms with Crippen LogP contribution in [0.4, 0.5) is 0 Å². The average molecular weight is 293 g/mol. The summed E-state index contributed by atoms with van der Waals surface area (Å²) in [5.74, 6) is 0.250. The molecule has 0 unspecified atom stereocenters. The zero-order chi connectivity index (χ0) is 13.8. The summed E-state index contributed by atoms with van der Waals surface area (Å²) in [5.41, 5.74) is 5.50. The van der Waals surface area contributed by atoms with Crippen molar-refractivity contribution >= 4 is 27.0 Å². The summed E-state index contributed by atoms with van der Waals surface area (Å²) in [6, 6.07) is 0. The Kier molecular flexibility index (Phi) is 5.97. The molecule has 1 fully saturated rings. The molecule has 1 aliphatic heterocycles. The molecule has 0 aliphatic carbocycles. The maximum Gasteiger partial charge on any atom is 0.153 e. The van der Waals surface area contributed by atoms with Crippen molar-refractivity contribution in [3.05, 3.63) is 0 Å². The summed E-state index contributed by atoms with van der Waals surface area (Å²) in [6.45, 7) is 8.32. The van der Waals surface area contributed by atoms with E-state index in [4.69, 9.17) is 18.0 Å². The highest BCUT2D eigenvalue weighted by molar-refractivity contribution is 7.92. The van der Waals surface area contributed by atoms with Crippen LogP contribution in [0.3, 0.4) is 0 Å². The first-order valence-corrected chi connectivity index (χ1v) is 8.38. The van der Waals surface area contributed by atoms with Gasteiger partial charge in [0, 0.05) is 39.3 Å². The van der Waals surface area contributed by atoms with E-state index in [1.54, 1.807) is 13.8 Å². The Morgan fingerprint density at radius 2 is 1.72 bits per heavy atom. The number of nitrogens with zero attached hydrogens (tertiary/aromatic N) is 2. The second-order valence-corrected chi connectivity index (χ2v) is 8.20. The largest absolute Gasteiger partial charge is 0.392 e. The van der Waals surface area contributed by atoms with Gasteiger partial charge in [0.2, 0.25) is 0 Å². The van der Waals surface area contributed by atoms with Gasteiger partial charge in [-0.05, 0) is 13.8 Å². The maximum absolute atomic E-state index is 11.7. The van der Waals surface area contributed by atoms with Crippen LogP contribution in [0.25, 0.3) is 0 Å². The molecule has 0 aromatic heterocycles. The fraction of sp³-hybridized carbons (Fsp3) is 0.909. The number of rotatable bonds is 6. The molecule has 0 spiro atoms. The lowest BCUT2D eigenvalue weighted by Crippen LogP contribution is -2.49. The van der Waals surface area contributed by atoms with E-state index in [1.807, 2.05) is 0 Å². The van der Waals surface area contributed by atoms with Gasteiger partial charge in [-0.1, -0.05) is 12.2 Å². The van der Waals surface area contributed by atoms with E-state index >= 15 is 0 Å². The predicted octanol–water partition coefficient (Wildman–Crippen LogP) is -0.287. The smallest absolute Gasteiger partial charge is 0.153 e. The summed E-state index contributed by atoms with van der Waals surface area (Å²) in [4.78, 5) is 4.91. The topological polar surface area (TPSA) is 66.6 Å². The average Bonchev–Trinajstić information content (AvgIpc) is 2.27. The minimum atomic E-state index is -2.93. The second-order valence-electron chi connectivity index (χ2n) is 5.00. The van der Waals surface area contributed by atoms with Crippen molar-refractivity contribution in [2.24, 2.45) is 5.73 Å². The van der Waals surface area contributed by atoms with E-state index in [2.05, 4.69) is 9.80 Å². The molecule has 0 bridgehead atoms. The van der Waals surface area contributed by atoms with E-state index in [0.29, 0.717) is 18.1 Å². The number of hydrogen-bond acceptors (Lipinski definition) is 5. The summed E-state index contributed by atoms with van der Waals surface area (Å²) < 4.78 is 23.4. The van der Waals surface area contributed by atoms with Crippen molar-refractivity contribution in [1.82, 2.24) is 9.80 Å². The molecule has 106 valence electrons. The van der Waals surface area contributed by atoms with Crippen molar-refractivity contribution in [2.75, 3.05) is 45.0 Å². The lowest BCUT2D eigenvalue weighted by atomic mass is 10.3. The number of sulfone groups is 1. The Morgan fingerprint density at radius 3 is 2.17 bits per heavy atom.